The summed E-state index contributed by atoms with van der Waals surface area (Å²) in [5.74, 6) is 0.225. The summed E-state index contributed by atoms with van der Waals surface area (Å²) in [6.07, 6.45) is 3.01. The maximum absolute atomic E-state index is 11.5. The van der Waals surface area contributed by atoms with E-state index >= 15 is 0 Å². The van der Waals surface area contributed by atoms with Gasteiger partial charge in [-0.05, 0) is 19.4 Å². The van der Waals surface area contributed by atoms with Crippen molar-refractivity contribution in [3.8, 4) is 0 Å². The molecular weight excluding hydrogens is 190 g/mol. The lowest BCUT2D eigenvalue weighted by atomic mass is 10.1. The van der Waals surface area contributed by atoms with Crippen molar-refractivity contribution in [1.29, 1.82) is 0 Å². The summed E-state index contributed by atoms with van der Waals surface area (Å²) in [5, 5.41) is 6.29. The van der Waals surface area contributed by atoms with Crippen molar-refractivity contribution in [3.05, 3.63) is 0 Å². The Bertz CT molecular complexity index is 224. The summed E-state index contributed by atoms with van der Waals surface area (Å²) in [5.41, 5.74) is 0. The highest BCUT2D eigenvalue weighted by molar-refractivity contribution is 5.76. The van der Waals surface area contributed by atoms with Crippen molar-refractivity contribution in [2.45, 2.75) is 38.3 Å². The first-order chi connectivity index (χ1) is 7.29. The smallest absolute Gasteiger partial charge is 0.221 e. The van der Waals surface area contributed by atoms with Crippen molar-refractivity contribution in [2.75, 3.05) is 26.2 Å². The van der Waals surface area contributed by atoms with E-state index in [2.05, 4.69) is 22.5 Å². The minimum absolute atomic E-state index is 0.225. The third kappa shape index (κ3) is 3.18. The van der Waals surface area contributed by atoms with E-state index in [0.717, 1.165) is 26.2 Å². The SMILES string of the molecule is CCN(CCC(=O)NC1CC1)C1CNC1. The van der Waals surface area contributed by atoms with Crippen molar-refractivity contribution < 1.29 is 4.79 Å². The van der Waals surface area contributed by atoms with Crippen molar-refractivity contribution in [2.24, 2.45) is 0 Å². The largest absolute Gasteiger partial charge is 0.353 e. The molecule has 0 spiro atoms. The van der Waals surface area contributed by atoms with Gasteiger partial charge in [-0.1, -0.05) is 6.92 Å². The van der Waals surface area contributed by atoms with Crippen LogP contribution in [0.2, 0.25) is 0 Å². The Labute approximate surface area is 91.4 Å². The number of nitrogens with one attached hydrogen (secondary N) is 2. The Kier molecular flexibility index (Phi) is 3.59. The fourth-order valence-corrected chi connectivity index (χ4v) is 1.90. The minimum Gasteiger partial charge on any atom is -0.353 e. The van der Waals surface area contributed by atoms with Gasteiger partial charge in [-0.25, -0.2) is 0 Å². The first-order valence-corrected chi connectivity index (χ1v) is 6.03. The predicted molar refractivity (Wildman–Crippen MR) is 59.7 cm³/mol. The van der Waals surface area contributed by atoms with Crippen LogP contribution < -0.4 is 10.6 Å². The Morgan fingerprint density at radius 1 is 1.47 bits per heavy atom. The second kappa shape index (κ2) is 4.94. The van der Waals surface area contributed by atoms with Gasteiger partial charge in [0.05, 0.1) is 0 Å². The second-order valence-corrected chi connectivity index (χ2v) is 4.53. The van der Waals surface area contributed by atoms with Gasteiger partial charge >= 0.3 is 0 Å². The Balaban J connectivity index is 1.63. The molecule has 2 aliphatic rings. The lowest BCUT2D eigenvalue weighted by molar-refractivity contribution is -0.121. The van der Waals surface area contributed by atoms with Crippen LogP contribution in [-0.2, 0) is 4.79 Å². The molecule has 0 aromatic heterocycles. The van der Waals surface area contributed by atoms with Gasteiger partial charge in [0.25, 0.3) is 0 Å². The number of amides is 1. The zero-order chi connectivity index (χ0) is 10.7. The summed E-state index contributed by atoms with van der Waals surface area (Å²) in [6, 6.07) is 1.15. The first kappa shape index (κ1) is 10.9. The monoisotopic (exact) mass is 211 g/mol. The van der Waals surface area contributed by atoms with Gasteiger partial charge in [-0.15, -0.1) is 0 Å². The number of carbonyl (C=O) groups is 1. The average Bonchev–Trinajstić information content (AvgIpc) is 2.92. The minimum atomic E-state index is 0.225. The van der Waals surface area contributed by atoms with Gasteiger partial charge < -0.3 is 10.6 Å². The van der Waals surface area contributed by atoms with Crippen molar-refractivity contribution in [3.63, 3.8) is 0 Å². The third-order valence-electron chi connectivity index (χ3n) is 3.25. The highest BCUT2D eigenvalue weighted by atomic mass is 16.1. The molecule has 1 saturated carbocycles. The molecule has 0 bridgehead atoms. The third-order valence-corrected chi connectivity index (χ3v) is 3.25. The fourth-order valence-electron chi connectivity index (χ4n) is 1.90. The topological polar surface area (TPSA) is 44.4 Å². The van der Waals surface area contributed by atoms with Gasteiger partial charge in [0.2, 0.25) is 5.91 Å². The summed E-state index contributed by atoms with van der Waals surface area (Å²) in [6.45, 7) is 6.28. The molecule has 0 atom stereocenters. The molecule has 0 aromatic carbocycles. The zero-order valence-electron chi connectivity index (χ0n) is 9.46. The summed E-state index contributed by atoms with van der Waals surface area (Å²) < 4.78 is 0. The number of likely N-dealkylation sites (N-methyl/N-ethyl adjacent to an activating group) is 1. The lowest BCUT2D eigenvalue weighted by Crippen LogP contribution is -2.57. The molecule has 1 saturated heterocycles. The van der Waals surface area contributed by atoms with Gasteiger partial charge in [0.1, 0.15) is 0 Å². The quantitative estimate of drug-likeness (QED) is 0.647. The lowest BCUT2D eigenvalue weighted by Gasteiger charge is -2.37. The number of rotatable bonds is 6. The molecule has 2 N–H and O–H groups in total. The molecule has 4 nitrogen and oxygen atoms in total. The van der Waals surface area contributed by atoms with E-state index in [-0.39, 0.29) is 5.91 Å². The fraction of sp³-hybridized carbons (Fsp3) is 0.909. The van der Waals surface area contributed by atoms with E-state index in [0.29, 0.717) is 18.5 Å². The van der Waals surface area contributed by atoms with Gasteiger partial charge in [-0.3, -0.25) is 9.69 Å². The number of hydrogen-bond acceptors (Lipinski definition) is 3. The van der Waals surface area contributed by atoms with Crippen LogP contribution in [0.5, 0.6) is 0 Å². The molecule has 0 aromatic rings. The molecule has 1 aliphatic carbocycles. The highest BCUT2D eigenvalue weighted by Crippen LogP contribution is 2.18. The average molecular weight is 211 g/mol. The molecular formula is C11H21N3O. The second-order valence-electron chi connectivity index (χ2n) is 4.53. The molecule has 1 heterocycles. The highest BCUT2D eigenvalue weighted by Gasteiger charge is 2.25. The molecule has 0 unspecified atom stereocenters. The summed E-state index contributed by atoms with van der Waals surface area (Å²) in [7, 11) is 0. The van der Waals surface area contributed by atoms with Crippen LogP contribution in [0.15, 0.2) is 0 Å². The van der Waals surface area contributed by atoms with Gasteiger partial charge in [0.15, 0.2) is 0 Å². The molecule has 1 aliphatic heterocycles. The number of carbonyl (C=O) groups excluding carboxylic acids is 1. The van der Waals surface area contributed by atoms with Crippen LogP contribution in [0.1, 0.15) is 26.2 Å². The standard InChI is InChI=1S/C11H21N3O/c1-2-14(10-7-12-8-10)6-5-11(15)13-9-3-4-9/h9-10,12H,2-8H2,1H3,(H,13,15). The number of hydrogen-bond donors (Lipinski definition) is 2. The van der Waals surface area contributed by atoms with Crippen molar-refractivity contribution in [1.82, 2.24) is 15.5 Å². The normalized spacial score (nSPS) is 21.5. The van der Waals surface area contributed by atoms with Crippen LogP contribution in [-0.4, -0.2) is 49.1 Å². The summed E-state index contributed by atoms with van der Waals surface area (Å²) >= 11 is 0. The maximum atomic E-state index is 11.5. The van der Waals surface area contributed by atoms with E-state index in [1.54, 1.807) is 0 Å². The Morgan fingerprint density at radius 3 is 2.67 bits per heavy atom. The van der Waals surface area contributed by atoms with E-state index in [1.807, 2.05) is 0 Å². The van der Waals surface area contributed by atoms with Crippen LogP contribution >= 0.6 is 0 Å². The van der Waals surface area contributed by atoms with Crippen LogP contribution in [0.25, 0.3) is 0 Å². The predicted octanol–water partition coefficient (Wildman–Crippen LogP) is -0.0512. The Morgan fingerprint density at radius 2 is 2.20 bits per heavy atom. The molecule has 86 valence electrons. The molecule has 2 fully saturated rings. The zero-order valence-corrected chi connectivity index (χ0v) is 9.46. The van der Waals surface area contributed by atoms with Crippen LogP contribution in [0.4, 0.5) is 0 Å². The molecule has 2 rings (SSSR count). The van der Waals surface area contributed by atoms with Crippen LogP contribution in [0.3, 0.4) is 0 Å². The number of nitrogens with zero attached hydrogens (tertiary/aromatic N) is 1. The van der Waals surface area contributed by atoms with Gasteiger partial charge in [0, 0.05) is 38.1 Å². The van der Waals surface area contributed by atoms with E-state index in [4.69, 9.17) is 0 Å². The maximum Gasteiger partial charge on any atom is 0.221 e. The van der Waals surface area contributed by atoms with Crippen molar-refractivity contribution >= 4 is 5.91 Å². The molecule has 0 radical (unpaired) electrons. The van der Waals surface area contributed by atoms with Crippen LogP contribution in [0, 0.1) is 0 Å². The molecule has 4 heteroatoms. The summed E-state index contributed by atoms with van der Waals surface area (Å²) in [4.78, 5) is 13.9. The molecule has 15 heavy (non-hydrogen) atoms. The van der Waals surface area contributed by atoms with E-state index in [9.17, 15) is 4.79 Å². The van der Waals surface area contributed by atoms with Gasteiger partial charge in [-0.2, -0.15) is 0 Å². The Hall–Kier alpha value is -0.610. The van der Waals surface area contributed by atoms with E-state index < -0.39 is 0 Å². The first-order valence-electron chi connectivity index (χ1n) is 6.03. The molecule has 1 amide bonds. The van der Waals surface area contributed by atoms with E-state index in [1.165, 1.54) is 12.8 Å².